The third kappa shape index (κ3) is 2.88. The number of aryl methyl sites for hydroxylation is 2. The summed E-state index contributed by atoms with van der Waals surface area (Å²) < 4.78 is 3.33. The van der Waals surface area contributed by atoms with E-state index in [9.17, 15) is 4.79 Å². The normalized spacial score (nSPS) is 11.2. The highest BCUT2D eigenvalue weighted by Gasteiger charge is 2.14. The Morgan fingerprint density at radius 3 is 2.58 bits per heavy atom. The number of fused-ring (bicyclic) bond motifs is 1. The van der Waals surface area contributed by atoms with Gasteiger partial charge in [0, 0.05) is 0 Å². The van der Waals surface area contributed by atoms with Crippen LogP contribution in [0.5, 0.6) is 0 Å². The second kappa shape index (κ2) is 6.72. The van der Waals surface area contributed by atoms with Crippen LogP contribution < -0.4 is 5.56 Å². The quantitative estimate of drug-likeness (QED) is 0.518. The van der Waals surface area contributed by atoms with Crippen molar-refractivity contribution in [2.45, 2.75) is 24.9 Å². The molecule has 2 aromatic heterocycles. The molecule has 2 aromatic carbocycles. The third-order valence-electron chi connectivity index (χ3n) is 4.10. The van der Waals surface area contributed by atoms with Gasteiger partial charge in [0.05, 0.1) is 17.0 Å². The fraction of sp³-hybridized carbons (Fsp3) is 0.167. The van der Waals surface area contributed by atoms with E-state index in [1.165, 1.54) is 16.4 Å². The van der Waals surface area contributed by atoms with Crippen molar-refractivity contribution in [3.8, 4) is 5.69 Å². The maximum absolute atomic E-state index is 12.6. The Bertz CT molecular complexity index is 1150. The zero-order valence-electron chi connectivity index (χ0n) is 14.3. The van der Waals surface area contributed by atoms with Crippen LogP contribution in [-0.2, 0) is 5.88 Å². The molecule has 130 valence electrons. The zero-order valence-corrected chi connectivity index (χ0v) is 15.1. The Labute approximate surface area is 153 Å². The SMILES string of the molecule is Cc1ccccc1-n1c(C)nnc1SCn1nnc2ccccc2c1=O. The third-order valence-corrected chi connectivity index (χ3v) is 4.99. The van der Waals surface area contributed by atoms with Crippen molar-refractivity contribution in [3.63, 3.8) is 0 Å². The van der Waals surface area contributed by atoms with Crippen molar-refractivity contribution in [1.82, 2.24) is 29.8 Å². The van der Waals surface area contributed by atoms with Gasteiger partial charge in [-0.25, -0.2) is 0 Å². The molecular formula is C18H16N6OS. The van der Waals surface area contributed by atoms with Crippen LogP contribution in [0.4, 0.5) is 0 Å². The minimum absolute atomic E-state index is 0.165. The van der Waals surface area contributed by atoms with Crippen molar-refractivity contribution in [1.29, 1.82) is 0 Å². The summed E-state index contributed by atoms with van der Waals surface area (Å²) in [5.41, 5.74) is 2.58. The first kappa shape index (κ1) is 16.5. The van der Waals surface area contributed by atoms with Gasteiger partial charge in [-0.3, -0.25) is 9.36 Å². The van der Waals surface area contributed by atoms with Crippen LogP contribution in [0.1, 0.15) is 11.4 Å². The summed E-state index contributed by atoms with van der Waals surface area (Å²) in [4.78, 5) is 12.6. The Kier molecular flexibility index (Phi) is 4.26. The largest absolute Gasteiger partial charge is 0.278 e. The molecule has 0 fully saturated rings. The summed E-state index contributed by atoms with van der Waals surface area (Å²) in [5.74, 6) is 1.10. The molecule has 0 aliphatic rings. The highest BCUT2D eigenvalue weighted by molar-refractivity contribution is 7.98. The van der Waals surface area contributed by atoms with Crippen LogP contribution in [0, 0.1) is 13.8 Å². The van der Waals surface area contributed by atoms with Crippen molar-refractivity contribution in [3.05, 3.63) is 70.3 Å². The summed E-state index contributed by atoms with van der Waals surface area (Å²) in [5, 5.41) is 17.8. The first-order chi connectivity index (χ1) is 12.6. The van der Waals surface area contributed by atoms with Gasteiger partial charge in [0.25, 0.3) is 5.56 Å². The number of benzene rings is 2. The van der Waals surface area contributed by atoms with Gasteiger partial charge < -0.3 is 0 Å². The molecule has 0 amide bonds. The van der Waals surface area contributed by atoms with Gasteiger partial charge in [-0.05, 0) is 37.6 Å². The average molecular weight is 364 g/mol. The minimum Gasteiger partial charge on any atom is -0.274 e. The molecule has 0 unspecified atom stereocenters. The van der Waals surface area contributed by atoms with Crippen LogP contribution in [0.25, 0.3) is 16.6 Å². The molecule has 7 nitrogen and oxygen atoms in total. The van der Waals surface area contributed by atoms with Crippen molar-refractivity contribution in [2.24, 2.45) is 0 Å². The second-order valence-corrected chi connectivity index (χ2v) is 6.75. The lowest BCUT2D eigenvalue weighted by Gasteiger charge is -2.11. The number of para-hydroxylation sites is 1. The van der Waals surface area contributed by atoms with E-state index in [1.54, 1.807) is 12.1 Å². The lowest BCUT2D eigenvalue weighted by molar-refractivity contribution is 0.643. The monoisotopic (exact) mass is 364 g/mol. The molecule has 0 N–H and O–H groups in total. The fourth-order valence-electron chi connectivity index (χ4n) is 2.75. The molecule has 0 spiro atoms. The molecule has 0 aliphatic carbocycles. The molecule has 0 bridgehead atoms. The van der Waals surface area contributed by atoms with Gasteiger partial charge in [-0.1, -0.05) is 47.3 Å². The van der Waals surface area contributed by atoms with E-state index in [0.29, 0.717) is 21.9 Å². The maximum Gasteiger partial charge on any atom is 0.278 e. The Morgan fingerprint density at radius 2 is 1.73 bits per heavy atom. The van der Waals surface area contributed by atoms with Crippen LogP contribution in [0.2, 0.25) is 0 Å². The number of hydrogen-bond acceptors (Lipinski definition) is 6. The number of hydrogen-bond donors (Lipinski definition) is 0. The molecule has 2 heterocycles. The predicted molar refractivity (Wildman–Crippen MR) is 100 cm³/mol. The predicted octanol–water partition coefficient (Wildman–Crippen LogP) is 2.74. The smallest absolute Gasteiger partial charge is 0.274 e. The summed E-state index contributed by atoms with van der Waals surface area (Å²) in [6.07, 6.45) is 0. The molecule has 0 saturated carbocycles. The summed E-state index contributed by atoms with van der Waals surface area (Å²) in [6, 6.07) is 15.2. The fourth-order valence-corrected chi connectivity index (χ4v) is 3.62. The first-order valence-electron chi connectivity index (χ1n) is 8.08. The van der Waals surface area contributed by atoms with E-state index in [0.717, 1.165) is 17.1 Å². The molecule has 0 aliphatic heterocycles. The molecule has 4 aromatic rings. The topological polar surface area (TPSA) is 78.5 Å². The second-order valence-electron chi connectivity index (χ2n) is 5.84. The molecule has 26 heavy (non-hydrogen) atoms. The van der Waals surface area contributed by atoms with Crippen LogP contribution in [0.3, 0.4) is 0 Å². The van der Waals surface area contributed by atoms with Crippen LogP contribution in [0.15, 0.2) is 58.5 Å². The molecule has 8 heteroatoms. The number of aromatic nitrogens is 6. The van der Waals surface area contributed by atoms with Gasteiger partial charge in [0.15, 0.2) is 5.16 Å². The first-order valence-corrected chi connectivity index (χ1v) is 9.07. The van der Waals surface area contributed by atoms with Gasteiger partial charge in [-0.15, -0.1) is 15.3 Å². The highest BCUT2D eigenvalue weighted by Crippen LogP contribution is 2.24. The van der Waals surface area contributed by atoms with Crippen molar-refractivity contribution < 1.29 is 0 Å². The van der Waals surface area contributed by atoms with E-state index in [2.05, 4.69) is 20.5 Å². The number of rotatable bonds is 4. The van der Waals surface area contributed by atoms with E-state index in [4.69, 9.17) is 0 Å². The lowest BCUT2D eigenvalue weighted by Crippen LogP contribution is -2.23. The van der Waals surface area contributed by atoms with E-state index < -0.39 is 0 Å². The summed E-state index contributed by atoms with van der Waals surface area (Å²) >= 11 is 1.40. The summed E-state index contributed by atoms with van der Waals surface area (Å²) in [7, 11) is 0. The van der Waals surface area contributed by atoms with Gasteiger partial charge >= 0.3 is 0 Å². The zero-order chi connectivity index (χ0) is 18.1. The van der Waals surface area contributed by atoms with E-state index in [1.807, 2.05) is 54.8 Å². The molecular weight excluding hydrogens is 348 g/mol. The van der Waals surface area contributed by atoms with Crippen LogP contribution >= 0.6 is 11.8 Å². The molecule has 0 radical (unpaired) electrons. The minimum atomic E-state index is -0.165. The Balaban J connectivity index is 1.67. The molecule has 0 atom stereocenters. The number of nitrogens with zero attached hydrogens (tertiary/aromatic N) is 6. The van der Waals surface area contributed by atoms with Crippen LogP contribution in [-0.4, -0.2) is 29.8 Å². The van der Waals surface area contributed by atoms with E-state index >= 15 is 0 Å². The maximum atomic E-state index is 12.6. The molecule has 4 rings (SSSR count). The Hall–Kier alpha value is -3.00. The van der Waals surface area contributed by atoms with Crippen molar-refractivity contribution >= 4 is 22.7 Å². The highest BCUT2D eigenvalue weighted by atomic mass is 32.2. The van der Waals surface area contributed by atoms with Gasteiger partial charge in [0.2, 0.25) is 0 Å². The molecule has 0 saturated heterocycles. The number of thioether (sulfide) groups is 1. The van der Waals surface area contributed by atoms with Crippen molar-refractivity contribution in [2.75, 3.05) is 0 Å². The standard InChI is InChI=1S/C18H16N6OS/c1-12-7-3-6-10-16(12)24-13(2)19-21-18(24)26-11-23-17(25)14-8-4-5-9-15(14)20-22-23/h3-10H,11H2,1-2H3. The Morgan fingerprint density at radius 1 is 0.962 bits per heavy atom. The average Bonchev–Trinajstić information content (AvgIpc) is 3.02. The lowest BCUT2D eigenvalue weighted by atomic mass is 10.2. The van der Waals surface area contributed by atoms with Gasteiger partial charge in [-0.2, -0.15) is 4.68 Å². The summed E-state index contributed by atoms with van der Waals surface area (Å²) in [6.45, 7) is 3.95. The van der Waals surface area contributed by atoms with E-state index in [-0.39, 0.29) is 5.56 Å². The van der Waals surface area contributed by atoms with Gasteiger partial charge in [0.1, 0.15) is 11.3 Å².